The number of halogens is 2. The standard InChI is InChI=1S/C12H13ClFN3O2S2/c1-17(5-10-6-20-7-16-10)21(18,19)11-3-9(13)2-8(4-15)12(11)14/h2-3,6-7H,4-5,15H2,1H3. The van der Waals surface area contributed by atoms with E-state index < -0.39 is 20.7 Å². The van der Waals surface area contributed by atoms with Gasteiger partial charge in [-0.05, 0) is 12.1 Å². The first-order valence-corrected chi connectivity index (χ1v) is 8.63. The van der Waals surface area contributed by atoms with Crippen LogP contribution in [0.5, 0.6) is 0 Å². The van der Waals surface area contributed by atoms with E-state index in [1.54, 1.807) is 10.9 Å². The number of aromatic nitrogens is 1. The van der Waals surface area contributed by atoms with Crippen LogP contribution in [0.15, 0.2) is 27.9 Å². The minimum Gasteiger partial charge on any atom is -0.326 e. The molecule has 114 valence electrons. The Morgan fingerprint density at radius 1 is 1.48 bits per heavy atom. The van der Waals surface area contributed by atoms with E-state index >= 15 is 0 Å². The number of rotatable bonds is 5. The molecule has 0 aliphatic carbocycles. The van der Waals surface area contributed by atoms with E-state index in [2.05, 4.69) is 4.98 Å². The lowest BCUT2D eigenvalue weighted by atomic mass is 10.2. The topological polar surface area (TPSA) is 76.3 Å². The summed E-state index contributed by atoms with van der Waals surface area (Å²) >= 11 is 7.19. The molecule has 2 N–H and O–H groups in total. The molecule has 0 saturated carbocycles. The van der Waals surface area contributed by atoms with Gasteiger partial charge in [-0.3, -0.25) is 0 Å². The molecule has 0 saturated heterocycles. The number of sulfonamides is 1. The summed E-state index contributed by atoms with van der Waals surface area (Å²) in [5.74, 6) is -0.868. The average Bonchev–Trinajstić information content (AvgIpc) is 2.93. The maximum Gasteiger partial charge on any atom is 0.246 e. The highest BCUT2D eigenvalue weighted by atomic mass is 35.5. The summed E-state index contributed by atoms with van der Waals surface area (Å²) in [7, 11) is -2.66. The van der Waals surface area contributed by atoms with E-state index in [1.807, 2.05) is 0 Å². The van der Waals surface area contributed by atoms with Crippen LogP contribution in [-0.4, -0.2) is 24.8 Å². The molecular weight excluding hydrogens is 337 g/mol. The summed E-state index contributed by atoms with van der Waals surface area (Å²) in [5, 5.41) is 1.85. The SMILES string of the molecule is CN(Cc1cscn1)S(=O)(=O)c1cc(Cl)cc(CN)c1F. The highest BCUT2D eigenvalue weighted by Crippen LogP contribution is 2.26. The third-order valence-electron chi connectivity index (χ3n) is 2.86. The van der Waals surface area contributed by atoms with Crippen molar-refractivity contribution in [2.24, 2.45) is 5.73 Å². The van der Waals surface area contributed by atoms with Crippen molar-refractivity contribution in [1.29, 1.82) is 0 Å². The van der Waals surface area contributed by atoms with Crippen molar-refractivity contribution < 1.29 is 12.8 Å². The number of hydrogen-bond donors (Lipinski definition) is 1. The van der Waals surface area contributed by atoms with Crippen LogP contribution in [0.3, 0.4) is 0 Å². The van der Waals surface area contributed by atoms with Gasteiger partial charge in [0.15, 0.2) is 0 Å². The second-order valence-corrected chi connectivity index (χ2v) is 7.49. The van der Waals surface area contributed by atoms with Gasteiger partial charge < -0.3 is 5.73 Å². The Bertz CT molecular complexity index is 735. The highest BCUT2D eigenvalue weighted by Gasteiger charge is 2.27. The highest BCUT2D eigenvalue weighted by molar-refractivity contribution is 7.89. The van der Waals surface area contributed by atoms with Gasteiger partial charge in [-0.1, -0.05) is 11.6 Å². The fourth-order valence-electron chi connectivity index (χ4n) is 1.75. The zero-order valence-corrected chi connectivity index (χ0v) is 13.5. The Balaban J connectivity index is 2.41. The van der Waals surface area contributed by atoms with Crippen LogP contribution in [0.4, 0.5) is 4.39 Å². The summed E-state index contributed by atoms with van der Waals surface area (Å²) in [5.41, 5.74) is 7.65. The van der Waals surface area contributed by atoms with E-state index in [1.165, 1.54) is 24.5 Å². The number of benzene rings is 1. The Hall–Kier alpha value is -1.06. The summed E-state index contributed by atoms with van der Waals surface area (Å²) in [6.07, 6.45) is 0. The fourth-order valence-corrected chi connectivity index (χ4v) is 3.88. The lowest BCUT2D eigenvalue weighted by molar-refractivity contribution is 0.455. The van der Waals surface area contributed by atoms with E-state index in [0.717, 1.165) is 10.4 Å². The predicted molar refractivity (Wildman–Crippen MR) is 80.1 cm³/mol. The van der Waals surface area contributed by atoms with Crippen molar-refractivity contribution in [3.63, 3.8) is 0 Å². The molecule has 2 aromatic rings. The second-order valence-electron chi connectivity index (χ2n) is 4.32. The van der Waals surface area contributed by atoms with Crippen molar-refractivity contribution in [2.75, 3.05) is 7.05 Å². The summed E-state index contributed by atoms with van der Waals surface area (Å²) in [4.78, 5) is 3.53. The molecule has 0 aliphatic rings. The van der Waals surface area contributed by atoms with Gasteiger partial charge in [0.1, 0.15) is 10.7 Å². The van der Waals surface area contributed by atoms with Gasteiger partial charge in [0, 0.05) is 29.6 Å². The van der Waals surface area contributed by atoms with Crippen molar-refractivity contribution >= 4 is 33.0 Å². The van der Waals surface area contributed by atoms with Crippen molar-refractivity contribution in [1.82, 2.24) is 9.29 Å². The maximum atomic E-state index is 14.2. The Kier molecular flexibility index (Phi) is 4.95. The van der Waals surface area contributed by atoms with Crippen LogP contribution in [0, 0.1) is 5.82 Å². The number of hydrogen-bond acceptors (Lipinski definition) is 5. The second kappa shape index (κ2) is 6.37. The lowest BCUT2D eigenvalue weighted by Crippen LogP contribution is -2.28. The molecule has 9 heteroatoms. The van der Waals surface area contributed by atoms with Crippen LogP contribution in [0.2, 0.25) is 5.02 Å². The Labute approximate surface area is 131 Å². The largest absolute Gasteiger partial charge is 0.326 e. The predicted octanol–water partition coefficient (Wildman–Crippen LogP) is 2.21. The van der Waals surface area contributed by atoms with Crippen LogP contribution in [0.1, 0.15) is 11.3 Å². The molecule has 1 heterocycles. The Morgan fingerprint density at radius 3 is 2.76 bits per heavy atom. The van der Waals surface area contributed by atoms with Crippen LogP contribution in [-0.2, 0) is 23.1 Å². The maximum absolute atomic E-state index is 14.2. The van der Waals surface area contributed by atoms with Gasteiger partial charge in [-0.2, -0.15) is 4.31 Å². The van der Waals surface area contributed by atoms with Gasteiger partial charge in [0.25, 0.3) is 0 Å². The number of nitrogens with two attached hydrogens (primary N) is 1. The van der Waals surface area contributed by atoms with Crippen LogP contribution in [0.25, 0.3) is 0 Å². The monoisotopic (exact) mass is 349 g/mol. The third kappa shape index (κ3) is 3.41. The minimum absolute atomic E-state index is 0.0513. The molecule has 2 rings (SSSR count). The smallest absolute Gasteiger partial charge is 0.246 e. The van der Waals surface area contributed by atoms with E-state index in [-0.39, 0.29) is 23.7 Å². The van der Waals surface area contributed by atoms with E-state index in [0.29, 0.717) is 5.69 Å². The third-order valence-corrected chi connectivity index (χ3v) is 5.51. The summed E-state index contributed by atoms with van der Waals surface area (Å²) < 4.78 is 40.2. The fraction of sp³-hybridized carbons (Fsp3) is 0.250. The van der Waals surface area contributed by atoms with E-state index in [4.69, 9.17) is 17.3 Å². The molecule has 5 nitrogen and oxygen atoms in total. The zero-order valence-electron chi connectivity index (χ0n) is 11.1. The molecule has 0 bridgehead atoms. The van der Waals surface area contributed by atoms with Crippen molar-refractivity contribution in [3.05, 3.63) is 45.1 Å². The zero-order chi connectivity index (χ0) is 15.6. The first kappa shape index (κ1) is 16.3. The number of thiazole rings is 1. The molecule has 0 amide bonds. The van der Waals surface area contributed by atoms with Crippen molar-refractivity contribution in [3.8, 4) is 0 Å². The van der Waals surface area contributed by atoms with Gasteiger partial charge >= 0.3 is 0 Å². The van der Waals surface area contributed by atoms with Crippen LogP contribution >= 0.6 is 22.9 Å². The quantitative estimate of drug-likeness (QED) is 0.897. The van der Waals surface area contributed by atoms with Gasteiger partial charge in [-0.25, -0.2) is 17.8 Å². The molecule has 0 atom stereocenters. The summed E-state index contributed by atoms with van der Waals surface area (Å²) in [6, 6.07) is 2.40. The molecule has 0 unspecified atom stereocenters. The average molecular weight is 350 g/mol. The van der Waals surface area contributed by atoms with E-state index in [9.17, 15) is 12.8 Å². The van der Waals surface area contributed by atoms with Crippen molar-refractivity contribution in [2.45, 2.75) is 18.0 Å². The van der Waals surface area contributed by atoms with Gasteiger partial charge in [-0.15, -0.1) is 11.3 Å². The first-order chi connectivity index (χ1) is 9.86. The minimum atomic E-state index is -4.02. The molecular formula is C12H13ClFN3O2S2. The molecule has 0 aliphatic heterocycles. The molecule has 1 aromatic heterocycles. The lowest BCUT2D eigenvalue weighted by Gasteiger charge is -2.17. The normalized spacial score (nSPS) is 12.0. The molecule has 0 radical (unpaired) electrons. The van der Waals surface area contributed by atoms with Crippen LogP contribution < -0.4 is 5.73 Å². The van der Waals surface area contributed by atoms with Gasteiger partial charge in [0.05, 0.1) is 17.7 Å². The Morgan fingerprint density at radius 2 is 2.19 bits per heavy atom. The first-order valence-electron chi connectivity index (χ1n) is 5.87. The molecule has 21 heavy (non-hydrogen) atoms. The summed E-state index contributed by atoms with van der Waals surface area (Å²) in [6.45, 7) is -0.0829. The number of nitrogens with zero attached hydrogens (tertiary/aromatic N) is 2. The molecule has 0 fully saturated rings. The van der Waals surface area contributed by atoms with Gasteiger partial charge in [0.2, 0.25) is 10.0 Å². The molecule has 0 spiro atoms. The molecule has 1 aromatic carbocycles.